The highest BCUT2D eigenvalue weighted by Gasteiger charge is 2.63. The van der Waals surface area contributed by atoms with Gasteiger partial charge in [0.05, 0.1) is 17.5 Å². The van der Waals surface area contributed by atoms with Crippen LogP contribution in [0.15, 0.2) is 18.2 Å². The SMILES string of the molecule is CC(C)S(=O)(=O)C1(C(=O)O)CNC(=O)N1c1ccc(F)cc1F. The zero-order chi connectivity index (χ0) is 17.6. The molecule has 1 fully saturated rings. The number of carbonyl (C=O) groups excluding carboxylic acids is 1. The van der Waals surface area contributed by atoms with Gasteiger partial charge in [-0.2, -0.15) is 0 Å². The number of amides is 2. The minimum absolute atomic E-state index is 0.319. The predicted molar refractivity (Wildman–Crippen MR) is 76.7 cm³/mol. The first-order valence-corrected chi connectivity index (χ1v) is 8.10. The molecule has 0 bridgehead atoms. The zero-order valence-corrected chi connectivity index (χ0v) is 13.0. The molecule has 23 heavy (non-hydrogen) atoms. The van der Waals surface area contributed by atoms with Crippen molar-refractivity contribution in [3.63, 3.8) is 0 Å². The summed E-state index contributed by atoms with van der Waals surface area (Å²) in [5.74, 6) is -4.02. The molecule has 1 heterocycles. The smallest absolute Gasteiger partial charge is 0.348 e. The molecule has 0 saturated carbocycles. The van der Waals surface area contributed by atoms with Crippen molar-refractivity contribution in [2.45, 2.75) is 24.0 Å². The van der Waals surface area contributed by atoms with Gasteiger partial charge in [0.25, 0.3) is 4.87 Å². The Morgan fingerprint density at radius 1 is 1.39 bits per heavy atom. The second kappa shape index (κ2) is 5.44. The molecule has 0 aromatic heterocycles. The Balaban J connectivity index is 2.77. The number of urea groups is 1. The first kappa shape index (κ1) is 17.1. The van der Waals surface area contributed by atoms with Crippen LogP contribution in [0.1, 0.15) is 13.8 Å². The molecule has 1 aromatic carbocycles. The van der Waals surface area contributed by atoms with Crippen LogP contribution >= 0.6 is 0 Å². The van der Waals surface area contributed by atoms with Crippen molar-refractivity contribution in [3.8, 4) is 0 Å². The van der Waals surface area contributed by atoms with Crippen LogP contribution in [0.4, 0.5) is 19.3 Å². The average molecular weight is 348 g/mol. The van der Waals surface area contributed by atoms with Crippen molar-refractivity contribution in [1.82, 2.24) is 5.32 Å². The molecule has 0 aliphatic carbocycles. The molecule has 1 aliphatic heterocycles. The minimum atomic E-state index is -4.41. The predicted octanol–water partition coefficient (Wildman–Crippen LogP) is 1.10. The van der Waals surface area contributed by atoms with Crippen LogP contribution in [0, 0.1) is 11.6 Å². The van der Waals surface area contributed by atoms with Gasteiger partial charge >= 0.3 is 12.0 Å². The number of carboxylic acid groups (broad SMARTS) is 1. The third-order valence-electron chi connectivity index (χ3n) is 3.62. The van der Waals surface area contributed by atoms with Gasteiger partial charge in [0.1, 0.15) is 11.6 Å². The second-order valence-electron chi connectivity index (χ2n) is 5.27. The molecule has 0 radical (unpaired) electrons. The van der Waals surface area contributed by atoms with Crippen molar-refractivity contribution < 1.29 is 31.9 Å². The Labute approximate surface area is 130 Å². The Hall–Kier alpha value is -2.23. The molecule has 7 nitrogen and oxygen atoms in total. The van der Waals surface area contributed by atoms with Gasteiger partial charge in [0.15, 0.2) is 9.84 Å². The largest absolute Gasteiger partial charge is 0.479 e. The van der Waals surface area contributed by atoms with Crippen LogP contribution in [-0.2, 0) is 14.6 Å². The Bertz CT molecular complexity index is 781. The number of nitrogens with zero attached hydrogens (tertiary/aromatic N) is 1. The molecule has 10 heteroatoms. The van der Waals surface area contributed by atoms with Crippen LogP contribution in [0.2, 0.25) is 0 Å². The van der Waals surface area contributed by atoms with Gasteiger partial charge < -0.3 is 10.4 Å². The van der Waals surface area contributed by atoms with E-state index in [4.69, 9.17) is 0 Å². The van der Waals surface area contributed by atoms with Gasteiger partial charge in [-0.1, -0.05) is 0 Å². The van der Waals surface area contributed by atoms with Crippen LogP contribution in [0.25, 0.3) is 0 Å². The van der Waals surface area contributed by atoms with E-state index in [9.17, 15) is 31.9 Å². The maximum Gasteiger partial charge on any atom is 0.348 e. The van der Waals surface area contributed by atoms with E-state index >= 15 is 0 Å². The van der Waals surface area contributed by atoms with Gasteiger partial charge in [0.2, 0.25) is 0 Å². The molecule has 2 N–H and O–H groups in total. The number of hydrogen-bond donors (Lipinski definition) is 2. The lowest BCUT2D eigenvalue weighted by molar-refractivity contribution is -0.139. The highest BCUT2D eigenvalue weighted by atomic mass is 32.2. The van der Waals surface area contributed by atoms with Crippen LogP contribution in [0.3, 0.4) is 0 Å². The van der Waals surface area contributed by atoms with Gasteiger partial charge in [-0.15, -0.1) is 0 Å². The number of halogens is 2. The summed E-state index contributed by atoms with van der Waals surface area (Å²) in [6.45, 7) is 1.75. The first-order chi connectivity index (χ1) is 10.6. The van der Waals surface area contributed by atoms with Crippen molar-refractivity contribution >= 4 is 27.5 Å². The summed E-state index contributed by atoms with van der Waals surface area (Å²) >= 11 is 0. The Morgan fingerprint density at radius 2 is 2.00 bits per heavy atom. The Kier molecular flexibility index (Phi) is 4.05. The van der Waals surface area contributed by atoms with Gasteiger partial charge in [-0.05, 0) is 26.0 Å². The summed E-state index contributed by atoms with van der Waals surface area (Å²) in [5.41, 5.74) is -0.631. The van der Waals surface area contributed by atoms with Crippen LogP contribution in [0.5, 0.6) is 0 Å². The molecule has 1 atom stereocenters. The quantitative estimate of drug-likeness (QED) is 0.848. The summed E-state index contributed by atoms with van der Waals surface area (Å²) in [5, 5.41) is 10.5. The molecule has 2 rings (SSSR count). The number of hydrogen-bond acceptors (Lipinski definition) is 4. The number of anilines is 1. The lowest BCUT2D eigenvalue weighted by Crippen LogP contribution is -2.61. The monoisotopic (exact) mass is 348 g/mol. The maximum absolute atomic E-state index is 14.0. The van der Waals surface area contributed by atoms with E-state index in [1.807, 2.05) is 0 Å². The lowest BCUT2D eigenvalue weighted by Gasteiger charge is -2.33. The highest BCUT2D eigenvalue weighted by Crippen LogP contribution is 2.36. The van der Waals surface area contributed by atoms with Crippen LogP contribution < -0.4 is 10.2 Å². The van der Waals surface area contributed by atoms with Gasteiger partial charge in [0, 0.05) is 6.07 Å². The number of carboxylic acids is 1. The summed E-state index contributed by atoms with van der Waals surface area (Å²) in [4.78, 5) is 21.4. The molecule has 1 unspecified atom stereocenters. The molecular weight excluding hydrogens is 334 g/mol. The van der Waals surface area contributed by atoms with Crippen molar-refractivity contribution in [1.29, 1.82) is 0 Å². The molecule has 2 amide bonds. The average Bonchev–Trinajstić information content (AvgIpc) is 2.78. The molecule has 1 aromatic rings. The Morgan fingerprint density at radius 3 is 2.48 bits per heavy atom. The standard InChI is InChI=1S/C13H14F2N2O5S/c1-7(2)23(21,22)13(11(18)19)6-16-12(20)17(13)10-4-3-8(14)5-9(10)15/h3-5,7H,6H2,1-2H3,(H,16,20)(H,18,19). The number of rotatable bonds is 4. The van der Waals surface area contributed by atoms with E-state index in [2.05, 4.69) is 5.32 Å². The third-order valence-corrected chi connectivity index (χ3v) is 6.30. The van der Waals surface area contributed by atoms with Crippen molar-refractivity contribution in [2.75, 3.05) is 11.4 Å². The molecule has 1 saturated heterocycles. The molecule has 0 spiro atoms. The fourth-order valence-corrected chi connectivity index (χ4v) is 4.13. The van der Waals surface area contributed by atoms with Crippen LogP contribution in [-0.4, -0.2) is 42.2 Å². The topological polar surface area (TPSA) is 104 Å². The number of aliphatic carboxylic acids is 1. The molecule has 1 aliphatic rings. The summed E-state index contributed by atoms with van der Waals surface area (Å²) in [6, 6.07) is 0.971. The van der Waals surface area contributed by atoms with E-state index < -0.39 is 55.8 Å². The second-order valence-corrected chi connectivity index (χ2v) is 7.98. The number of carbonyl (C=O) groups is 2. The number of sulfone groups is 1. The lowest BCUT2D eigenvalue weighted by atomic mass is 10.2. The summed E-state index contributed by atoms with van der Waals surface area (Å²) in [7, 11) is -4.41. The maximum atomic E-state index is 14.0. The normalized spacial score (nSPS) is 21.6. The van der Waals surface area contributed by atoms with E-state index in [0.717, 1.165) is 12.1 Å². The third kappa shape index (κ3) is 2.33. The number of nitrogens with one attached hydrogen (secondary N) is 1. The fourth-order valence-electron chi connectivity index (χ4n) is 2.39. The van der Waals surface area contributed by atoms with E-state index in [-0.39, 0.29) is 0 Å². The van der Waals surface area contributed by atoms with E-state index in [1.54, 1.807) is 0 Å². The fraction of sp³-hybridized carbons (Fsp3) is 0.385. The number of benzene rings is 1. The first-order valence-electron chi connectivity index (χ1n) is 6.55. The van der Waals surface area contributed by atoms with E-state index in [0.29, 0.717) is 11.0 Å². The van der Waals surface area contributed by atoms with Gasteiger partial charge in [-0.25, -0.2) is 26.8 Å². The zero-order valence-electron chi connectivity index (χ0n) is 12.2. The van der Waals surface area contributed by atoms with E-state index in [1.165, 1.54) is 13.8 Å². The molecule has 126 valence electrons. The van der Waals surface area contributed by atoms with Gasteiger partial charge in [-0.3, -0.25) is 4.90 Å². The van der Waals surface area contributed by atoms with Crippen molar-refractivity contribution in [2.24, 2.45) is 0 Å². The summed E-state index contributed by atoms with van der Waals surface area (Å²) < 4.78 is 52.3. The molecular formula is C13H14F2N2O5S. The van der Waals surface area contributed by atoms with Crippen molar-refractivity contribution in [3.05, 3.63) is 29.8 Å². The minimum Gasteiger partial charge on any atom is -0.479 e. The summed E-state index contributed by atoms with van der Waals surface area (Å²) in [6.07, 6.45) is 0. The highest BCUT2D eigenvalue weighted by molar-refractivity contribution is 7.94.